The summed E-state index contributed by atoms with van der Waals surface area (Å²) < 4.78 is 10.4. The van der Waals surface area contributed by atoms with Gasteiger partial charge in [-0.15, -0.1) is 0 Å². The van der Waals surface area contributed by atoms with Crippen LogP contribution in [-0.4, -0.2) is 30.0 Å². The number of benzene rings is 3. The van der Waals surface area contributed by atoms with E-state index in [4.69, 9.17) is 21.7 Å². The molecule has 3 rings (SSSR count). The lowest BCUT2D eigenvalue weighted by molar-refractivity contribution is -0.384. The average Bonchev–Trinajstić information content (AvgIpc) is 2.85. The molecule has 0 aromatic heterocycles. The molecule has 0 aliphatic carbocycles. The topological polar surface area (TPSA) is 103 Å². The summed E-state index contributed by atoms with van der Waals surface area (Å²) in [6, 6.07) is 18.3. The summed E-state index contributed by atoms with van der Waals surface area (Å²) >= 11 is 5.36. The number of ether oxygens (including phenoxy) is 2. The van der Waals surface area contributed by atoms with Crippen molar-refractivity contribution < 1.29 is 19.2 Å². The maximum Gasteiger partial charge on any atom is 0.271 e. The van der Waals surface area contributed by atoms with Crippen LogP contribution < -0.4 is 20.1 Å². The number of rotatable bonds is 8. The molecule has 0 heterocycles. The molecule has 174 valence electrons. The first kappa shape index (κ1) is 24.4. The number of aryl methyl sites for hydroxylation is 1. The van der Waals surface area contributed by atoms with E-state index in [0.29, 0.717) is 33.9 Å². The first-order valence-electron chi connectivity index (χ1n) is 10.2. The second kappa shape index (κ2) is 11.1. The normalized spacial score (nSPS) is 10.9. The number of nitrogens with zero attached hydrogens (tertiary/aromatic N) is 1. The van der Waals surface area contributed by atoms with Gasteiger partial charge in [0, 0.05) is 35.2 Å². The number of carbonyl (C=O) groups is 1. The highest BCUT2D eigenvalue weighted by molar-refractivity contribution is 7.80. The Morgan fingerprint density at radius 1 is 0.941 bits per heavy atom. The van der Waals surface area contributed by atoms with Crippen molar-refractivity contribution in [3.8, 4) is 11.5 Å². The van der Waals surface area contributed by atoms with Crippen LogP contribution in [0.2, 0.25) is 0 Å². The molecular formula is C25H23N3O5S. The van der Waals surface area contributed by atoms with Crippen LogP contribution in [0.1, 0.15) is 21.5 Å². The lowest BCUT2D eigenvalue weighted by atomic mass is 9.97. The second-order valence-corrected chi connectivity index (χ2v) is 7.61. The number of anilines is 1. The molecule has 0 aliphatic rings. The number of Topliss-reactive ketones (excluding diaryl/α,β-unsaturated/α-hetero) is 1. The number of thiocarbonyl (C=S) groups is 1. The summed E-state index contributed by atoms with van der Waals surface area (Å²) in [6.45, 7) is 1.81. The van der Waals surface area contributed by atoms with Crippen molar-refractivity contribution in [2.45, 2.75) is 6.92 Å². The van der Waals surface area contributed by atoms with Crippen LogP contribution in [0.25, 0.3) is 5.57 Å². The maximum atomic E-state index is 13.3. The summed E-state index contributed by atoms with van der Waals surface area (Å²) in [5, 5.41) is 17.1. The lowest BCUT2D eigenvalue weighted by Gasteiger charge is -2.13. The zero-order valence-corrected chi connectivity index (χ0v) is 19.6. The Hall–Kier alpha value is -4.24. The van der Waals surface area contributed by atoms with Gasteiger partial charge in [-0.1, -0.05) is 18.2 Å². The van der Waals surface area contributed by atoms with Gasteiger partial charge in [-0.05, 0) is 66.7 Å². The van der Waals surface area contributed by atoms with Gasteiger partial charge in [0.1, 0.15) is 11.5 Å². The first-order valence-corrected chi connectivity index (χ1v) is 10.6. The third kappa shape index (κ3) is 5.96. The minimum Gasteiger partial charge on any atom is -0.497 e. The lowest BCUT2D eigenvalue weighted by Crippen LogP contribution is -2.25. The first-order chi connectivity index (χ1) is 16.3. The zero-order chi connectivity index (χ0) is 24.7. The number of hydrogen-bond acceptors (Lipinski definition) is 6. The Kier molecular flexibility index (Phi) is 7.94. The molecule has 0 amide bonds. The van der Waals surface area contributed by atoms with Gasteiger partial charge in [-0.3, -0.25) is 14.9 Å². The zero-order valence-electron chi connectivity index (χ0n) is 18.8. The third-order valence-electron chi connectivity index (χ3n) is 5.03. The van der Waals surface area contributed by atoms with Crippen LogP contribution in [0.3, 0.4) is 0 Å². The molecule has 8 nitrogen and oxygen atoms in total. The van der Waals surface area contributed by atoms with E-state index < -0.39 is 4.92 Å². The van der Waals surface area contributed by atoms with E-state index in [1.165, 1.54) is 18.3 Å². The number of nitrogens with one attached hydrogen (secondary N) is 2. The molecule has 0 atom stereocenters. The fourth-order valence-electron chi connectivity index (χ4n) is 3.10. The van der Waals surface area contributed by atoms with Gasteiger partial charge < -0.3 is 20.1 Å². The SMILES string of the molecule is COc1ccc(C(=O)/C(=C/NC(=S)Nc2cc([N+](=O)[O-])ccc2C)c2ccc(OC)cc2)cc1. The Bertz CT molecular complexity index is 1240. The molecule has 2 N–H and O–H groups in total. The predicted octanol–water partition coefficient (Wildman–Crippen LogP) is 5.13. The van der Waals surface area contributed by atoms with Crippen LogP contribution >= 0.6 is 12.2 Å². The summed E-state index contributed by atoms with van der Waals surface area (Å²) in [7, 11) is 3.12. The Morgan fingerprint density at radius 3 is 2.03 bits per heavy atom. The molecule has 0 radical (unpaired) electrons. The fourth-order valence-corrected chi connectivity index (χ4v) is 3.27. The third-order valence-corrected chi connectivity index (χ3v) is 5.25. The van der Waals surface area contributed by atoms with E-state index in [2.05, 4.69) is 10.6 Å². The Balaban J connectivity index is 1.88. The van der Waals surface area contributed by atoms with Crippen LogP contribution in [0, 0.1) is 17.0 Å². The quantitative estimate of drug-likeness (QED) is 0.151. The molecule has 0 unspecified atom stereocenters. The predicted molar refractivity (Wildman–Crippen MR) is 135 cm³/mol. The molecular weight excluding hydrogens is 454 g/mol. The van der Waals surface area contributed by atoms with E-state index in [0.717, 1.165) is 5.56 Å². The molecule has 0 spiro atoms. The van der Waals surface area contributed by atoms with Crippen LogP contribution in [-0.2, 0) is 0 Å². The summed E-state index contributed by atoms with van der Waals surface area (Å²) in [5.74, 6) is 1.07. The minimum absolute atomic E-state index is 0.0555. The number of nitro benzene ring substituents is 1. The fraction of sp³-hybridized carbons (Fsp3) is 0.120. The number of hydrogen-bond donors (Lipinski definition) is 2. The van der Waals surface area contributed by atoms with Crippen molar-refractivity contribution >= 4 is 40.1 Å². The van der Waals surface area contributed by atoms with E-state index in [1.807, 2.05) is 0 Å². The molecule has 0 saturated heterocycles. The monoisotopic (exact) mass is 477 g/mol. The highest BCUT2D eigenvalue weighted by atomic mass is 32.1. The van der Waals surface area contributed by atoms with Gasteiger partial charge in [0.2, 0.25) is 0 Å². The van der Waals surface area contributed by atoms with Crippen molar-refractivity contribution in [1.29, 1.82) is 0 Å². The highest BCUT2D eigenvalue weighted by Gasteiger charge is 2.16. The van der Waals surface area contributed by atoms with Gasteiger partial charge >= 0.3 is 0 Å². The molecule has 0 fully saturated rings. The standard InChI is InChI=1S/C25H23N3O5S/c1-16-4-9-19(28(30)31)14-23(16)27-25(34)26-15-22(17-5-10-20(32-2)11-6-17)24(29)18-7-12-21(33-3)13-8-18/h4-15H,1-3H3,(H2,26,27,34)/b22-15+. The number of non-ortho nitro benzene ring substituents is 1. The summed E-state index contributed by atoms with van der Waals surface area (Å²) in [5.41, 5.74) is 2.71. The van der Waals surface area contributed by atoms with Gasteiger partial charge in [0.25, 0.3) is 5.69 Å². The van der Waals surface area contributed by atoms with Crippen LogP contribution in [0.4, 0.5) is 11.4 Å². The van der Waals surface area contributed by atoms with Crippen molar-refractivity contribution in [3.05, 3.63) is 99.7 Å². The van der Waals surface area contributed by atoms with E-state index >= 15 is 0 Å². The second-order valence-electron chi connectivity index (χ2n) is 7.20. The van der Waals surface area contributed by atoms with Gasteiger partial charge in [-0.25, -0.2) is 0 Å². The van der Waals surface area contributed by atoms with Crippen molar-refractivity contribution in [2.24, 2.45) is 0 Å². The Morgan fingerprint density at radius 2 is 1.50 bits per heavy atom. The molecule has 3 aromatic carbocycles. The van der Waals surface area contributed by atoms with E-state index in [1.54, 1.807) is 75.7 Å². The largest absolute Gasteiger partial charge is 0.497 e. The molecule has 9 heteroatoms. The molecule has 0 saturated carbocycles. The average molecular weight is 478 g/mol. The Labute approximate surface area is 202 Å². The number of carbonyl (C=O) groups excluding carboxylic acids is 1. The molecule has 34 heavy (non-hydrogen) atoms. The van der Waals surface area contributed by atoms with E-state index in [9.17, 15) is 14.9 Å². The number of ketones is 1. The maximum absolute atomic E-state index is 13.3. The van der Waals surface area contributed by atoms with Crippen LogP contribution in [0.15, 0.2) is 72.9 Å². The molecule has 3 aromatic rings. The summed E-state index contributed by atoms with van der Waals surface area (Å²) in [4.78, 5) is 23.9. The van der Waals surface area contributed by atoms with Crippen molar-refractivity contribution in [1.82, 2.24) is 5.32 Å². The number of methoxy groups -OCH3 is 2. The van der Waals surface area contributed by atoms with Gasteiger partial charge in [0.05, 0.1) is 19.1 Å². The minimum atomic E-state index is -0.476. The van der Waals surface area contributed by atoms with E-state index in [-0.39, 0.29) is 16.6 Å². The number of nitro groups is 1. The van der Waals surface area contributed by atoms with Crippen LogP contribution in [0.5, 0.6) is 11.5 Å². The number of allylic oxidation sites excluding steroid dienone is 1. The molecule has 0 aliphatic heterocycles. The smallest absolute Gasteiger partial charge is 0.271 e. The van der Waals surface area contributed by atoms with Crippen molar-refractivity contribution in [2.75, 3.05) is 19.5 Å². The highest BCUT2D eigenvalue weighted by Crippen LogP contribution is 2.24. The van der Waals surface area contributed by atoms with Gasteiger partial charge in [0.15, 0.2) is 10.9 Å². The van der Waals surface area contributed by atoms with Gasteiger partial charge in [-0.2, -0.15) is 0 Å². The molecule has 0 bridgehead atoms. The van der Waals surface area contributed by atoms with Crippen molar-refractivity contribution in [3.63, 3.8) is 0 Å². The summed E-state index contributed by atoms with van der Waals surface area (Å²) in [6.07, 6.45) is 1.51.